The number of rotatable bonds is 4. The monoisotopic (exact) mass is 249 g/mol. The van der Waals surface area contributed by atoms with E-state index in [0.29, 0.717) is 25.1 Å². The van der Waals surface area contributed by atoms with Crippen molar-refractivity contribution < 1.29 is 9.72 Å². The van der Waals surface area contributed by atoms with Crippen LogP contribution < -0.4 is 10.6 Å². The number of amides is 1. The van der Waals surface area contributed by atoms with Crippen LogP contribution in [0, 0.1) is 17.0 Å². The van der Waals surface area contributed by atoms with Crippen molar-refractivity contribution in [1.82, 2.24) is 10.6 Å². The third-order valence-electron chi connectivity index (χ3n) is 3.04. The Morgan fingerprint density at radius 3 is 2.94 bits per heavy atom. The molecule has 0 bridgehead atoms. The van der Waals surface area contributed by atoms with E-state index in [9.17, 15) is 14.9 Å². The van der Waals surface area contributed by atoms with Crippen molar-refractivity contribution in [3.05, 3.63) is 39.4 Å². The minimum atomic E-state index is -0.376. The zero-order valence-corrected chi connectivity index (χ0v) is 10.1. The van der Waals surface area contributed by atoms with Crippen molar-refractivity contribution in [2.24, 2.45) is 0 Å². The van der Waals surface area contributed by atoms with Gasteiger partial charge in [0, 0.05) is 37.2 Å². The van der Waals surface area contributed by atoms with Crippen LogP contribution in [0.3, 0.4) is 0 Å². The predicted molar refractivity (Wildman–Crippen MR) is 66.1 cm³/mol. The van der Waals surface area contributed by atoms with Gasteiger partial charge in [-0.2, -0.15) is 0 Å². The first-order chi connectivity index (χ1) is 8.56. The summed E-state index contributed by atoms with van der Waals surface area (Å²) in [6.45, 7) is 2.86. The van der Waals surface area contributed by atoms with E-state index in [-0.39, 0.29) is 22.6 Å². The van der Waals surface area contributed by atoms with Crippen LogP contribution >= 0.6 is 0 Å². The smallest absolute Gasteiger partial charge is 0.272 e. The molecule has 1 amide bonds. The molecule has 0 saturated carbocycles. The van der Waals surface area contributed by atoms with Crippen molar-refractivity contribution in [3.8, 4) is 0 Å². The van der Waals surface area contributed by atoms with Crippen LogP contribution in [-0.4, -0.2) is 23.4 Å². The second-order valence-electron chi connectivity index (χ2n) is 4.46. The molecule has 1 fully saturated rings. The number of carbonyl (C=O) groups excluding carboxylic acids is 1. The van der Waals surface area contributed by atoms with Crippen LogP contribution in [0.25, 0.3) is 0 Å². The van der Waals surface area contributed by atoms with Gasteiger partial charge in [-0.1, -0.05) is 12.1 Å². The number of nitrogens with zero attached hydrogens (tertiary/aromatic N) is 1. The summed E-state index contributed by atoms with van der Waals surface area (Å²) in [5.41, 5.74) is 1.64. The van der Waals surface area contributed by atoms with Crippen molar-refractivity contribution in [2.45, 2.75) is 25.9 Å². The van der Waals surface area contributed by atoms with Crippen molar-refractivity contribution in [2.75, 3.05) is 6.54 Å². The minimum Gasteiger partial charge on any atom is -0.354 e. The van der Waals surface area contributed by atoms with Gasteiger partial charge < -0.3 is 10.6 Å². The molecule has 2 rings (SSSR count). The van der Waals surface area contributed by atoms with E-state index in [0.717, 1.165) is 5.56 Å². The van der Waals surface area contributed by atoms with E-state index >= 15 is 0 Å². The molecule has 0 aliphatic carbocycles. The largest absolute Gasteiger partial charge is 0.354 e. The van der Waals surface area contributed by atoms with Crippen molar-refractivity contribution >= 4 is 11.6 Å². The third-order valence-corrected chi connectivity index (χ3v) is 3.04. The molecule has 2 N–H and O–H groups in total. The van der Waals surface area contributed by atoms with E-state index in [1.54, 1.807) is 19.1 Å². The van der Waals surface area contributed by atoms with Crippen LogP contribution in [0.5, 0.6) is 0 Å². The molecule has 6 heteroatoms. The standard InChI is InChI=1S/C12H15N3O3/c1-8-2-3-9(4-11(8)15(17)18)6-13-10-5-12(16)14-7-10/h2-4,10,13H,5-7H2,1H3,(H,14,16). The summed E-state index contributed by atoms with van der Waals surface area (Å²) < 4.78 is 0. The molecule has 96 valence electrons. The van der Waals surface area contributed by atoms with Gasteiger partial charge in [0.1, 0.15) is 0 Å². The number of carbonyl (C=O) groups is 1. The van der Waals surface area contributed by atoms with Gasteiger partial charge in [-0.05, 0) is 12.5 Å². The second kappa shape index (κ2) is 5.14. The molecule has 1 aliphatic heterocycles. The van der Waals surface area contributed by atoms with Crippen LogP contribution in [0.2, 0.25) is 0 Å². The molecule has 1 unspecified atom stereocenters. The molecule has 0 spiro atoms. The molecule has 1 saturated heterocycles. The second-order valence-corrected chi connectivity index (χ2v) is 4.46. The van der Waals surface area contributed by atoms with E-state index in [1.807, 2.05) is 6.07 Å². The lowest BCUT2D eigenvalue weighted by molar-refractivity contribution is -0.385. The highest BCUT2D eigenvalue weighted by Gasteiger charge is 2.20. The maximum atomic E-state index is 11.0. The fourth-order valence-electron chi connectivity index (χ4n) is 1.97. The summed E-state index contributed by atoms with van der Waals surface area (Å²) in [7, 11) is 0. The summed E-state index contributed by atoms with van der Waals surface area (Å²) >= 11 is 0. The van der Waals surface area contributed by atoms with Gasteiger partial charge in [0.15, 0.2) is 0 Å². The van der Waals surface area contributed by atoms with E-state index < -0.39 is 0 Å². The van der Waals surface area contributed by atoms with Crippen molar-refractivity contribution in [1.29, 1.82) is 0 Å². The normalized spacial score (nSPS) is 18.7. The molecule has 1 aliphatic rings. The topological polar surface area (TPSA) is 84.3 Å². The fourth-order valence-corrected chi connectivity index (χ4v) is 1.97. The zero-order chi connectivity index (χ0) is 13.1. The Hall–Kier alpha value is -1.95. The van der Waals surface area contributed by atoms with Gasteiger partial charge in [0.2, 0.25) is 5.91 Å². The Morgan fingerprint density at radius 2 is 2.33 bits per heavy atom. The molecule has 0 radical (unpaired) electrons. The van der Waals surface area contributed by atoms with Gasteiger partial charge in [-0.15, -0.1) is 0 Å². The van der Waals surface area contributed by atoms with Gasteiger partial charge in [0.25, 0.3) is 5.69 Å². The highest BCUT2D eigenvalue weighted by atomic mass is 16.6. The number of nitro benzene ring substituents is 1. The average Bonchev–Trinajstić information content (AvgIpc) is 2.74. The molecule has 1 aromatic rings. The summed E-state index contributed by atoms with van der Waals surface area (Å²) in [6.07, 6.45) is 0.466. The van der Waals surface area contributed by atoms with Crippen LogP contribution in [0.1, 0.15) is 17.5 Å². The molecule has 0 aromatic heterocycles. The van der Waals surface area contributed by atoms with E-state index in [2.05, 4.69) is 10.6 Å². The molecule has 18 heavy (non-hydrogen) atoms. The molecule has 1 heterocycles. The highest BCUT2D eigenvalue weighted by Crippen LogP contribution is 2.19. The first-order valence-electron chi connectivity index (χ1n) is 5.80. The maximum Gasteiger partial charge on any atom is 0.272 e. The Balaban J connectivity index is 1.99. The Labute approximate surface area is 105 Å². The predicted octanol–water partition coefficient (Wildman–Crippen LogP) is 0.881. The quantitative estimate of drug-likeness (QED) is 0.613. The first kappa shape index (κ1) is 12.5. The van der Waals surface area contributed by atoms with Gasteiger partial charge in [-0.25, -0.2) is 0 Å². The number of nitrogens with one attached hydrogen (secondary N) is 2. The van der Waals surface area contributed by atoms with E-state index in [1.165, 1.54) is 0 Å². The zero-order valence-electron chi connectivity index (χ0n) is 10.1. The highest BCUT2D eigenvalue weighted by molar-refractivity contribution is 5.78. The van der Waals surface area contributed by atoms with Gasteiger partial charge in [0.05, 0.1) is 4.92 Å². The summed E-state index contributed by atoms with van der Waals surface area (Å²) in [5.74, 6) is 0.0439. The third kappa shape index (κ3) is 2.84. The maximum absolute atomic E-state index is 11.0. The molecular formula is C12H15N3O3. The Morgan fingerprint density at radius 1 is 1.56 bits per heavy atom. The molecular weight excluding hydrogens is 234 g/mol. The van der Waals surface area contributed by atoms with Crippen LogP contribution in [-0.2, 0) is 11.3 Å². The minimum absolute atomic E-state index is 0.0439. The van der Waals surface area contributed by atoms with Crippen LogP contribution in [0.15, 0.2) is 18.2 Å². The summed E-state index contributed by atoms with van der Waals surface area (Å²) in [5, 5.41) is 16.8. The Bertz CT molecular complexity index is 487. The average molecular weight is 249 g/mol. The number of aryl methyl sites for hydroxylation is 1. The molecule has 6 nitrogen and oxygen atoms in total. The van der Waals surface area contributed by atoms with Crippen LogP contribution in [0.4, 0.5) is 5.69 Å². The van der Waals surface area contributed by atoms with Gasteiger partial charge >= 0.3 is 0 Å². The SMILES string of the molecule is Cc1ccc(CNC2CNC(=O)C2)cc1[N+](=O)[O-]. The van der Waals surface area contributed by atoms with E-state index in [4.69, 9.17) is 0 Å². The molecule has 1 atom stereocenters. The molecule has 1 aromatic carbocycles. The van der Waals surface area contributed by atoms with Gasteiger partial charge in [-0.3, -0.25) is 14.9 Å². The lowest BCUT2D eigenvalue weighted by Crippen LogP contribution is -2.30. The number of benzene rings is 1. The lowest BCUT2D eigenvalue weighted by atomic mass is 10.1. The summed E-state index contributed by atoms with van der Waals surface area (Å²) in [4.78, 5) is 21.4. The summed E-state index contributed by atoms with van der Waals surface area (Å²) in [6, 6.07) is 5.29. The number of hydrogen-bond acceptors (Lipinski definition) is 4. The van der Waals surface area contributed by atoms with Crippen molar-refractivity contribution in [3.63, 3.8) is 0 Å². The fraction of sp³-hybridized carbons (Fsp3) is 0.417. The Kier molecular flexibility index (Phi) is 3.57. The number of hydrogen-bond donors (Lipinski definition) is 2. The lowest BCUT2D eigenvalue weighted by Gasteiger charge is -2.10. The number of nitro groups is 1. The first-order valence-corrected chi connectivity index (χ1v) is 5.80.